The zero-order valence-corrected chi connectivity index (χ0v) is 7.71. The number of rotatable bonds is 5. The van der Waals surface area contributed by atoms with Gasteiger partial charge in [-0.2, -0.15) is 0 Å². The molecule has 0 aliphatic heterocycles. The predicted molar refractivity (Wildman–Crippen MR) is 50.5 cm³/mol. The van der Waals surface area contributed by atoms with Crippen LogP contribution in [0.15, 0.2) is 36.1 Å². The lowest BCUT2D eigenvalue weighted by Gasteiger charge is -2.01. The average molecular weight is 168 g/mol. The SMILES string of the molecule is C=C(/C=C\C(=C/C)OCO)CC. The maximum Gasteiger partial charge on any atom is 0.186 e. The Labute approximate surface area is 73.9 Å². The highest BCUT2D eigenvalue weighted by Gasteiger charge is 1.88. The minimum Gasteiger partial charge on any atom is -0.468 e. The van der Waals surface area contributed by atoms with E-state index in [1.165, 1.54) is 0 Å². The van der Waals surface area contributed by atoms with Crippen molar-refractivity contribution in [1.82, 2.24) is 0 Å². The van der Waals surface area contributed by atoms with Crippen molar-refractivity contribution in [3.8, 4) is 0 Å². The second kappa shape index (κ2) is 6.68. The summed E-state index contributed by atoms with van der Waals surface area (Å²) in [6.07, 6.45) is 6.38. The first-order valence-corrected chi connectivity index (χ1v) is 4.00. The Morgan fingerprint density at radius 2 is 2.17 bits per heavy atom. The highest BCUT2D eigenvalue weighted by Crippen LogP contribution is 2.03. The molecule has 0 amide bonds. The molecule has 0 aromatic heterocycles. The molecule has 12 heavy (non-hydrogen) atoms. The number of aliphatic hydroxyl groups excluding tert-OH is 1. The summed E-state index contributed by atoms with van der Waals surface area (Å²) in [4.78, 5) is 0. The lowest BCUT2D eigenvalue weighted by Crippen LogP contribution is -1.90. The molecule has 0 radical (unpaired) electrons. The maximum atomic E-state index is 8.47. The fourth-order valence-corrected chi connectivity index (χ4v) is 0.620. The molecular weight excluding hydrogens is 152 g/mol. The quantitative estimate of drug-likeness (QED) is 0.388. The van der Waals surface area contributed by atoms with Gasteiger partial charge in [0, 0.05) is 0 Å². The molecule has 0 fully saturated rings. The van der Waals surface area contributed by atoms with Gasteiger partial charge < -0.3 is 9.84 Å². The summed E-state index contributed by atoms with van der Waals surface area (Å²) in [5.41, 5.74) is 1.04. The van der Waals surface area contributed by atoms with Gasteiger partial charge in [-0.1, -0.05) is 25.2 Å². The summed E-state index contributed by atoms with van der Waals surface area (Å²) < 4.78 is 4.87. The molecule has 2 nitrogen and oxygen atoms in total. The van der Waals surface area contributed by atoms with Gasteiger partial charge in [-0.05, 0) is 25.5 Å². The van der Waals surface area contributed by atoms with E-state index in [1.54, 1.807) is 12.2 Å². The van der Waals surface area contributed by atoms with Crippen LogP contribution in [0.5, 0.6) is 0 Å². The third kappa shape index (κ3) is 4.74. The molecule has 0 unspecified atom stereocenters. The van der Waals surface area contributed by atoms with Gasteiger partial charge in [0.25, 0.3) is 0 Å². The van der Waals surface area contributed by atoms with Crippen LogP contribution in [0.2, 0.25) is 0 Å². The van der Waals surface area contributed by atoms with Crippen molar-refractivity contribution in [3.63, 3.8) is 0 Å². The number of aliphatic hydroxyl groups is 1. The minimum absolute atomic E-state index is 0.289. The average Bonchev–Trinajstić information content (AvgIpc) is 2.11. The second-order valence-corrected chi connectivity index (χ2v) is 2.31. The van der Waals surface area contributed by atoms with Gasteiger partial charge in [0.1, 0.15) is 5.76 Å². The predicted octanol–water partition coefficient (Wildman–Crippen LogP) is 2.38. The van der Waals surface area contributed by atoms with E-state index in [9.17, 15) is 0 Å². The number of ether oxygens (including phenoxy) is 1. The molecule has 2 heteroatoms. The van der Waals surface area contributed by atoms with E-state index in [4.69, 9.17) is 9.84 Å². The lowest BCUT2D eigenvalue weighted by molar-refractivity contribution is 0.0477. The fraction of sp³-hybridized carbons (Fsp3) is 0.400. The van der Waals surface area contributed by atoms with Crippen LogP contribution in [-0.4, -0.2) is 11.9 Å². The zero-order chi connectivity index (χ0) is 9.40. The van der Waals surface area contributed by atoms with Crippen molar-refractivity contribution in [2.45, 2.75) is 20.3 Å². The van der Waals surface area contributed by atoms with Crippen LogP contribution >= 0.6 is 0 Å². The van der Waals surface area contributed by atoms with E-state index >= 15 is 0 Å². The monoisotopic (exact) mass is 168 g/mol. The molecule has 0 aromatic rings. The van der Waals surface area contributed by atoms with Crippen molar-refractivity contribution in [3.05, 3.63) is 36.1 Å². The smallest absolute Gasteiger partial charge is 0.186 e. The number of hydrogen-bond acceptors (Lipinski definition) is 2. The molecule has 1 N–H and O–H groups in total. The van der Waals surface area contributed by atoms with Gasteiger partial charge in [-0.25, -0.2) is 0 Å². The maximum absolute atomic E-state index is 8.47. The Morgan fingerprint density at radius 3 is 2.58 bits per heavy atom. The Hall–Kier alpha value is -1.02. The molecule has 0 aromatic carbocycles. The molecule has 0 aliphatic carbocycles. The molecule has 0 saturated carbocycles. The van der Waals surface area contributed by atoms with Crippen molar-refractivity contribution in [2.24, 2.45) is 0 Å². The summed E-state index contributed by atoms with van der Waals surface area (Å²) in [5.74, 6) is 0.659. The van der Waals surface area contributed by atoms with Crippen LogP contribution < -0.4 is 0 Å². The zero-order valence-electron chi connectivity index (χ0n) is 7.71. The van der Waals surface area contributed by atoms with Gasteiger partial charge in [-0.3, -0.25) is 0 Å². The van der Waals surface area contributed by atoms with E-state index in [-0.39, 0.29) is 6.79 Å². The van der Waals surface area contributed by atoms with Crippen LogP contribution in [0.25, 0.3) is 0 Å². The summed E-state index contributed by atoms with van der Waals surface area (Å²) in [7, 11) is 0. The fourth-order valence-electron chi connectivity index (χ4n) is 0.620. The van der Waals surface area contributed by atoms with E-state index < -0.39 is 0 Å². The first-order valence-electron chi connectivity index (χ1n) is 4.00. The molecule has 0 heterocycles. The highest BCUT2D eigenvalue weighted by molar-refractivity contribution is 5.22. The highest BCUT2D eigenvalue weighted by atomic mass is 16.6. The normalized spacial score (nSPS) is 12.1. The van der Waals surface area contributed by atoms with E-state index in [0.717, 1.165) is 12.0 Å². The van der Waals surface area contributed by atoms with Crippen LogP contribution in [0.3, 0.4) is 0 Å². The first-order chi connectivity index (χ1) is 5.74. The molecule has 0 atom stereocenters. The lowest BCUT2D eigenvalue weighted by atomic mass is 10.2. The number of allylic oxidation sites excluding steroid dienone is 4. The molecule has 0 spiro atoms. The summed E-state index contributed by atoms with van der Waals surface area (Å²) in [5, 5.41) is 8.47. The molecular formula is C10H16O2. The van der Waals surface area contributed by atoms with Crippen LogP contribution in [0.1, 0.15) is 20.3 Å². The largest absolute Gasteiger partial charge is 0.468 e. The third-order valence-corrected chi connectivity index (χ3v) is 1.45. The van der Waals surface area contributed by atoms with Crippen LogP contribution in [0, 0.1) is 0 Å². The van der Waals surface area contributed by atoms with Gasteiger partial charge in [0.15, 0.2) is 6.79 Å². The Balaban J connectivity index is 4.02. The summed E-state index contributed by atoms with van der Waals surface area (Å²) in [6.45, 7) is 7.41. The van der Waals surface area contributed by atoms with Crippen LogP contribution in [-0.2, 0) is 4.74 Å². The van der Waals surface area contributed by atoms with Crippen molar-refractivity contribution >= 4 is 0 Å². The van der Waals surface area contributed by atoms with Gasteiger partial charge in [0.2, 0.25) is 0 Å². The minimum atomic E-state index is -0.289. The van der Waals surface area contributed by atoms with Crippen molar-refractivity contribution in [2.75, 3.05) is 6.79 Å². The molecule has 0 saturated heterocycles. The van der Waals surface area contributed by atoms with Gasteiger partial charge >= 0.3 is 0 Å². The Kier molecular flexibility index (Phi) is 6.11. The Morgan fingerprint density at radius 1 is 1.50 bits per heavy atom. The third-order valence-electron chi connectivity index (χ3n) is 1.45. The molecule has 0 aliphatic rings. The van der Waals surface area contributed by atoms with Crippen molar-refractivity contribution < 1.29 is 9.84 Å². The Bertz CT molecular complexity index is 190. The van der Waals surface area contributed by atoms with E-state index in [2.05, 4.69) is 6.58 Å². The van der Waals surface area contributed by atoms with Crippen molar-refractivity contribution in [1.29, 1.82) is 0 Å². The molecule has 0 bridgehead atoms. The number of hydrogen-bond donors (Lipinski definition) is 1. The summed E-state index contributed by atoms with van der Waals surface area (Å²) in [6, 6.07) is 0. The summed E-state index contributed by atoms with van der Waals surface area (Å²) >= 11 is 0. The topological polar surface area (TPSA) is 29.5 Å². The van der Waals surface area contributed by atoms with Gasteiger partial charge in [0.05, 0.1) is 0 Å². The first kappa shape index (κ1) is 11.0. The molecule has 0 rings (SSSR count). The van der Waals surface area contributed by atoms with E-state index in [0.29, 0.717) is 5.76 Å². The van der Waals surface area contributed by atoms with Gasteiger partial charge in [-0.15, -0.1) is 0 Å². The van der Waals surface area contributed by atoms with E-state index in [1.807, 2.05) is 19.9 Å². The second-order valence-electron chi connectivity index (χ2n) is 2.31. The molecule has 68 valence electrons. The van der Waals surface area contributed by atoms with Crippen LogP contribution in [0.4, 0.5) is 0 Å². The standard InChI is InChI=1S/C10H16O2/c1-4-9(3)6-7-10(5-2)12-8-11/h5-7,11H,3-4,8H2,1-2H3/b7-6-,10-5+.